The Balaban J connectivity index is 2.03. The molecule has 82 valence electrons. The predicted octanol–water partition coefficient (Wildman–Crippen LogP) is 2.34. The van der Waals surface area contributed by atoms with Gasteiger partial charge in [0.2, 0.25) is 0 Å². The number of aromatic nitrogens is 2. The summed E-state index contributed by atoms with van der Waals surface area (Å²) in [5.41, 5.74) is 2.16. The number of hydrogen-bond acceptors (Lipinski definition) is 2. The average Bonchev–Trinajstić information content (AvgIpc) is 2.60. The van der Waals surface area contributed by atoms with E-state index >= 15 is 0 Å². The molecule has 3 nitrogen and oxygen atoms in total. The Hall–Kier alpha value is -1.64. The molecule has 0 atom stereocenters. The molecule has 3 rings (SSSR count). The number of carbonyl (C=O) groups excluding carboxylic acids is 1. The van der Waals surface area contributed by atoms with Crippen molar-refractivity contribution in [2.24, 2.45) is 0 Å². The van der Waals surface area contributed by atoms with E-state index in [2.05, 4.69) is 9.38 Å². The number of rotatable bonds is 3. The molecule has 0 bridgehead atoms. The molecule has 1 fully saturated rings. The van der Waals surface area contributed by atoms with Crippen LogP contribution >= 0.6 is 0 Å². The number of pyridine rings is 1. The van der Waals surface area contributed by atoms with Crippen molar-refractivity contribution < 1.29 is 4.79 Å². The third kappa shape index (κ3) is 1.43. The quantitative estimate of drug-likeness (QED) is 0.735. The van der Waals surface area contributed by atoms with Crippen LogP contribution in [0.1, 0.15) is 36.6 Å². The van der Waals surface area contributed by atoms with Gasteiger partial charge >= 0.3 is 0 Å². The molecule has 2 heterocycles. The second-order valence-corrected chi connectivity index (χ2v) is 4.44. The number of carbonyl (C=O) groups is 1. The summed E-state index contributed by atoms with van der Waals surface area (Å²) in [5.74, 6) is 1.82. The molecule has 1 aliphatic carbocycles. The molecule has 16 heavy (non-hydrogen) atoms. The lowest BCUT2D eigenvalue weighted by Gasteiger charge is -2.24. The van der Waals surface area contributed by atoms with E-state index in [0.717, 1.165) is 17.4 Å². The molecular weight excluding hydrogens is 200 g/mol. The number of aldehydes is 1. The van der Waals surface area contributed by atoms with E-state index in [1.807, 2.05) is 24.5 Å². The second kappa shape index (κ2) is 3.74. The SMILES string of the molecule is O=CCc1ccn2c(C3CCC3)ncc2c1. The van der Waals surface area contributed by atoms with Gasteiger partial charge in [0.15, 0.2) is 0 Å². The average molecular weight is 214 g/mol. The number of fused-ring (bicyclic) bond motifs is 1. The molecular formula is C13H14N2O. The summed E-state index contributed by atoms with van der Waals surface area (Å²) >= 11 is 0. The Labute approximate surface area is 94.1 Å². The zero-order valence-electron chi connectivity index (χ0n) is 9.10. The molecule has 1 aliphatic rings. The Morgan fingerprint density at radius 3 is 3.06 bits per heavy atom. The van der Waals surface area contributed by atoms with Gasteiger partial charge < -0.3 is 9.20 Å². The largest absolute Gasteiger partial charge is 0.304 e. The molecule has 0 aliphatic heterocycles. The van der Waals surface area contributed by atoms with E-state index in [9.17, 15) is 4.79 Å². The van der Waals surface area contributed by atoms with Crippen molar-refractivity contribution in [2.75, 3.05) is 0 Å². The molecule has 2 aromatic heterocycles. The Bertz CT molecular complexity index is 526. The summed E-state index contributed by atoms with van der Waals surface area (Å²) in [4.78, 5) is 14.9. The van der Waals surface area contributed by atoms with Gasteiger partial charge in [-0.3, -0.25) is 0 Å². The third-order valence-corrected chi connectivity index (χ3v) is 3.41. The summed E-state index contributed by atoms with van der Waals surface area (Å²) in [7, 11) is 0. The highest BCUT2D eigenvalue weighted by atomic mass is 16.1. The maximum atomic E-state index is 10.5. The van der Waals surface area contributed by atoms with Crippen LogP contribution in [0, 0.1) is 0 Å². The minimum absolute atomic E-state index is 0.487. The third-order valence-electron chi connectivity index (χ3n) is 3.41. The molecule has 0 amide bonds. The minimum Gasteiger partial charge on any atom is -0.304 e. The van der Waals surface area contributed by atoms with Crippen LogP contribution in [0.3, 0.4) is 0 Å². The molecule has 0 radical (unpaired) electrons. The van der Waals surface area contributed by atoms with Crippen LogP contribution in [-0.2, 0) is 11.2 Å². The van der Waals surface area contributed by atoms with Gasteiger partial charge in [-0.2, -0.15) is 0 Å². The summed E-state index contributed by atoms with van der Waals surface area (Å²) < 4.78 is 2.15. The van der Waals surface area contributed by atoms with Crippen LogP contribution in [0.4, 0.5) is 0 Å². The summed E-state index contributed by atoms with van der Waals surface area (Å²) in [5, 5.41) is 0. The second-order valence-electron chi connectivity index (χ2n) is 4.44. The van der Waals surface area contributed by atoms with E-state index in [4.69, 9.17) is 0 Å². The number of hydrogen-bond donors (Lipinski definition) is 0. The normalized spacial score (nSPS) is 16.2. The number of nitrogens with zero attached hydrogens (tertiary/aromatic N) is 2. The van der Waals surface area contributed by atoms with Gasteiger partial charge in [0, 0.05) is 18.5 Å². The van der Waals surface area contributed by atoms with Gasteiger partial charge in [0.25, 0.3) is 0 Å². The van der Waals surface area contributed by atoms with Crippen LogP contribution in [0.25, 0.3) is 5.52 Å². The smallest absolute Gasteiger partial charge is 0.124 e. The summed E-state index contributed by atoms with van der Waals surface area (Å²) in [6.45, 7) is 0. The fourth-order valence-electron chi connectivity index (χ4n) is 2.26. The molecule has 0 unspecified atom stereocenters. The van der Waals surface area contributed by atoms with Gasteiger partial charge in [-0.25, -0.2) is 4.98 Å². The molecule has 0 aromatic carbocycles. The lowest BCUT2D eigenvalue weighted by atomic mass is 9.85. The molecule has 3 heteroatoms. The minimum atomic E-state index is 0.487. The maximum Gasteiger partial charge on any atom is 0.124 e. The first-order chi connectivity index (χ1) is 7.88. The monoisotopic (exact) mass is 214 g/mol. The molecule has 0 spiro atoms. The van der Waals surface area contributed by atoms with Gasteiger partial charge in [0.1, 0.15) is 12.1 Å². The molecule has 1 saturated carbocycles. The van der Waals surface area contributed by atoms with Gasteiger partial charge in [-0.05, 0) is 30.5 Å². The van der Waals surface area contributed by atoms with Gasteiger partial charge in [-0.1, -0.05) is 6.42 Å². The molecule has 0 N–H and O–H groups in total. The Morgan fingerprint density at radius 2 is 2.38 bits per heavy atom. The highest BCUT2D eigenvalue weighted by Gasteiger charge is 2.23. The lowest BCUT2D eigenvalue weighted by molar-refractivity contribution is -0.107. The van der Waals surface area contributed by atoms with Crippen molar-refractivity contribution in [2.45, 2.75) is 31.6 Å². The van der Waals surface area contributed by atoms with E-state index in [-0.39, 0.29) is 0 Å². The van der Waals surface area contributed by atoms with Crippen molar-refractivity contribution in [3.63, 3.8) is 0 Å². The van der Waals surface area contributed by atoms with Crippen molar-refractivity contribution in [3.8, 4) is 0 Å². The topological polar surface area (TPSA) is 34.4 Å². The van der Waals surface area contributed by atoms with Crippen molar-refractivity contribution >= 4 is 11.8 Å². The standard InChI is InChI=1S/C13H14N2O/c16-7-5-10-4-6-15-12(8-10)9-14-13(15)11-2-1-3-11/h4,6-9,11H,1-3,5H2. The first kappa shape index (κ1) is 9.58. The lowest BCUT2D eigenvalue weighted by Crippen LogP contribution is -2.12. The van der Waals surface area contributed by atoms with Crippen molar-refractivity contribution in [3.05, 3.63) is 35.9 Å². The highest BCUT2D eigenvalue weighted by Crippen LogP contribution is 2.35. The van der Waals surface area contributed by atoms with Crippen LogP contribution in [0.5, 0.6) is 0 Å². The van der Waals surface area contributed by atoms with Crippen molar-refractivity contribution in [1.82, 2.24) is 9.38 Å². The van der Waals surface area contributed by atoms with Crippen LogP contribution < -0.4 is 0 Å². The van der Waals surface area contributed by atoms with Crippen molar-refractivity contribution in [1.29, 1.82) is 0 Å². The van der Waals surface area contributed by atoms with E-state index in [1.165, 1.54) is 25.1 Å². The van der Waals surface area contributed by atoms with E-state index in [0.29, 0.717) is 12.3 Å². The van der Waals surface area contributed by atoms with Gasteiger partial charge in [-0.15, -0.1) is 0 Å². The Morgan fingerprint density at radius 1 is 1.50 bits per heavy atom. The van der Waals surface area contributed by atoms with E-state index < -0.39 is 0 Å². The van der Waals surface area contributed by atoms with Crippen LogP contribution in [-0.4, -0.2) is 15.7 Å². The zero-order valence-corrected chi connectivity index (χ0v) is 9.10. The van der Waals surface area contributed by atoms with E-state index in [1.54, 1.807) is 0 Å². The maximum absolute atomic E-state index is 10.5. The Kier molecular flexibility index (Phi) is 2.24. The highest BCUT2D eigenvalue weighted by molar-refractivity contribution is 5.58. The fourth-order valence-corrected chi connectivity index (χ4v) is 2.26. The number of imidazole rings is 1. The first-order valence-corrected chi connectivity index (χ1v) is 5.78. The van der Waals surface area contributed by atoms with Crippen LogP contribution in [0.15, 0.2) is 24.5 Å². The predicted molar refractivity (Wildman–Crippen MR) is 61.6 cm³/mol. The molecule has 2 aromatic rings. The summed E-state index contributed by atoms with van der Waals surface area (Å²) in [6, 6.07) is 4.05. The van der Waals surface area contributed by atoms with Crippen LogP contribution in [0.2, 0.25) is 0 Å². The fraction of sp³-hybridized carbons (Fsp3) is 0.385. The zero-order chi connectivity index (χ0) is 11.0. The summed E-state index contributed by atoms with van der Waals surface area (Å²) in [6.07, 6.45) is 9.21. The van der Waals surface area contributed by atoms with Gasteiger partial charge in [0.05, 0.1) is 11.7 Å². The first-order valence-electron chi connectivity index (χ1n) is 5.78. The molecule has 0 saturated heterocycles.